The number of hydrogen-bond donors (Lipinski definition) is 3. The van der Waals surface area contributed by atoms with Crippen LogP contribution < -0.4 is 16.0 Å². The summed E-state index contributed by atoms with van der Waals surface area (Å²) in [4.78, 5) is 15.0. The standard InChI is InChI=1S/C30H37FN6/c1-5-11-20(4)34-24(7-3)17-21(6-2)22-16-23(28(32)25(31)18-22)19-27-35-29-26(12-13-33-30(29)36-27)37-14-9-8-10-15-37/h6-7,12-13,16-18,34H,3-5,8-11,14-15,19,32H2,1-2H3,(H,33,35,36)/b21-6+,24-17+. The molecule has 4 N–H and O–H groups in total. The number of pyridine rings is 1. The van der Waals surface area contributed by atoms with Crippen LogP contribution in [0.3, 0.4) is 0 Å². The molecule has 1 aliphatic heterocycles. The van der Waals surface area contributed by atoms with E-state index in [2.05, 4.69) is 40.3 Å². The van der Waals surface area contributed by atoms with Gasteiger partial charge in [0.1, 0.15) is 17.2 Å². The molecule has 1 saturated heterocycles. The molecule has 1 aliphatic rings. The molecule has 2 aromatic heterocycles. The molecule has 0 radical (unpaired) electrons. The summed E-state index contributed by atoms with van der Waals surface area (Å²) < 4.78 is 15.0. The topological polar surface area (TPSA) is 82.9 Å². The van der Waals surface area contributed by atoms with Crippen molar-refractivity contribution in [3.8, 4) is 0 Å². The Hall–Kier alpha value is -3.87. The molecule has 0 saturated carbocycles. The number of aromatic nitrogens is 3. The predicted octanol–water partition coefficient (Wildman–Crippen LogP) is 6.64. The van der Waals surface area contributed by atoms with Crippen LogP contribution in [0.4, 0.5) is 15.8 Å². The molecule has 7 heteroatoms. The van der Waals surface area contributed by atoms with Crippen molar-refractivity contribution in [3.05, 3.63) is 89.9 Å². The molecule has 1 fully saturated rings. The van der Waals surface area contributed by atoms with Gasteiger partial charge in [-0.25, -0.2) is 14.4 Å². The van der Waals surface area contributed by atoms with E-state index in [9.17, 15) is 0 Å². The van der Waals surface area contributed by atoms with Gasteiger partial charge in [-0.15, -0.1) is 0 Å². The summed E-state index contributed by atoms with van der Waals surface area (Å²) in [6.45, 7) is 14.1. The number of piperidine rings is 1. The molecule has 3 heterocycles. The maximum absolute atomic E-state index is 15.0. The van der Waals surface area contributed by atoms with Crippen LogP contribution in [0, 0.1) is 5.82 Å². The molecule has 0 spiro atoms. The predicted molar refractivity (Wildman–Crippen MR) is 153 cm³/mol. The molecule has 0 unspecified atom stereocenters. The number of fused-ring (bicyclic) bond motifs is 1. The number of nitrogens with two attached hydrogens (primary N) is 1. The molecule has 37 heavy (non-hydrogen) atoms. The molecule has 0 amide bonds. The van der Waals surface area contributed by atoms with Gasteiger partial charge in [0.05, 0.1) is 11.4 Å². The Morgan fingerprint density at radius 2 is 2.05 bits per heavy atom. The van der Waals surface area contributed by atoms with E-state index in [1.54, 1.807) is 12.3 Å². The molecule has 6 nitrogen and oxygen atoms in total. The van der Waals surface area contributed by atoms with E-state index in [0.717, 1.165) is 59.7 Å². The van der Waals surface area contributed by atoms with E-state index in [-0.39, 0.29) is 5.69 Å². The summed E-state index contributed by atoms with van der Waals surface area (Å²) in [7, 11) is 0. The number of rotatable bonds is 10. The van der Waals surface area contributed by atoms with Crippen LogP contribution in [-0.2, 0) is 6.42 Å². The first-order valence-corrected chi connectivity index (χ1v) is 13.1. The third-order valence-electron chi connectivity index (χ3n) is 6.74. The number of nitrogens with one attached hydrogen (secondary N) is 2. The SMILES string of the molecule is C=C/C(=C\C(=C/C)c1cc(F)c(N)c(Cc2nc3nccc(N4CCCCC4)c3[nH]2)c1)NC(=C)CCC. The third-order valence-corrected chi connectivity index (χ3v) is 6.74. The van der Waals surface area contributed by atoms with Crippen LogP contribution in [-0.4, -0.2) is 28.0 Å². The van der Waals surface area contributed by atoms with E-state index in [1.165, 1.54) is 25.3 Å². The van der Waals surface area contributed by atoms with Crippen LogP contribution in [0.2, 0.25) is 0 Å². The number of nitrogen functional groups attached to an aromatic ring is 1. The van der Waals surface area contributed by atoms with Gasteiger partial charge < -0.3 is 20.9 Å². The fourth-order valence-electron chi connectivity index (χ4n) is 4.81. The van der Waals surface area contributed by atoms with Crippen molar-refractivity contribution in [1.82, 2.24) is 20.3 Å². The monoisotopic (exact) mass is 500 g/mol. The lowest BCUT2D eigenvalue weighted by Crippen LogP contribution is -2.29. The molecule has 0 atom stereocenters. The lowest BCUT2D eigenvalue weighted by molar-refractivity contribution is 0.578. The average molecular weight is 501 g/mol. The molecule has 0 bridgehead atoms. The van der Waals surface area contributed by atoms with Gasteiger partial charge in [0, 0.05) is 37.1 Å². The first-order chi connectivity index (χ1) is 17.9. The van der Waals surface area contributed by atoms with E-state index < -0.39 is 5.82 Å². The normalized spacial score (nSPS) is 14.7. The number of halogens is 1. The van der Waals surface area contributed by atoms with E-state index in [4.69, 9.17) is 10.7 Å². The third kappa shape index (κ3) is 6.10. The lowest BCUT2D eigenvalue weighted by Gasteiger charge is -2.28. The zero-order valence-corrected chi connectivity index (χ0v) is 21.9. The quantitative estimate of drug-likeness (QED) is 0.215. The molecular weight excluding hydrogens is 463 g/mol. The highest BCUT2D eigenvalue weighted by Crippen LogP contribution is 2.30. The molecule has 0 aliphatic carbocycles. The smallest absolute Gasteiger partial charge is 0.179 e. The summed E-state index contributed by atoms with van der Waals surface area (Å²) in [5, 5.41) is 3.29. The first kappa shape index (κ1) is 26.2. The summed E-state index contributed by atoms with van der Waals surface area (Å²) in [6.07, 6.45) is 13.3. The Labute approximate surface area is 218 Å². The van der Waals surface area contributed by atoms with Crippen molar-refractivity contribution < 1.29 is 4.39 Å². The molecule has 1 aromatic carbocycles. The summed E-state index contributed by atoms with van der Waals surface area (Å²) in [6, 6.07) is 5.44. The van der Waals surface area contributed by atoms with E-state index in [0.29, 0.717) is 23.5 Å². The second kappa shape index (κ2) is 11.9. The highest BCUT2D eigenvalue weighted by molar-refractivity contribution is 5.86. The van der Waals surface area contributed by atoms with Crippen molar-refractivity contribution in [3.63, 3.8) is 0 Å². The number of imidazole rings is 1. The van der Waals surface area contributed by atoms with E-state index >= 15 is 4.39 Å². The minimum absolute atomic E-state index is 0.131. The van der Waals surface area contributed by atoms with Crippen LogP contribution in [0.15, 0.2) is 67.2 Å². The highest BCUT2D eigenvalue weighted by atomic mass is 19.1. The minimum Gasteiger partial charge on any atom is -0.396 e. The lowest BCUT2D eigenvalue weighted by atomic mass is 9.98. The molecule has 4 rings (SSSR count). The Morgan fingerprint density at radius 1 is 1.27 bits per heavy atom. The van der Waals surface area contributed by atoms with Gasteiger partial charge in [0.15, 0.2) is 5.65 Å². The van der Waals surface area contributed by atoms with E-state index in [1.807, 2.05) is 31.2 Å². The Kier molecular flexibility index (Phi) is 8.43. The number of nitrogens with zero attached hydrogens (tertiary/aromatic N) is 3. The highest BCUT2D eigenvalue weighted by Gasteiger charge is 2.18. The second-order valence-electron chi connectivity index (χ2n) is 9.49. The number of aromatic amines is 1. The fraction of sp³-hybridized carbons (Fsp3) is 0.333. The van der Waals surface area contributed by atoms with Gasteiger partial charge in [-0.3, -0.25) is 0 Å². The van der Waals surface area contributed by atoms with Crippen molar-refractivity contribution in [2.24, 2.45) is 0 Å². The number of hydrogen-bond acceptors (Lipinski definition) is 5. The van der Waals surface area contributed by atoms with Gasteiger partial charge in [-0.05, 0) is 79.7 Å². The van der Waals surface area contributed by atoms with Crippen molar-refractivity contribution in [2.45, 2.75) is 52.4 Å². The van der Waals surface area contributed by atoms with Crippen molar-refractivity contribution in [1.29, 1.82) is 0 Å². The molecule has 194 valence electrons. The van der Waals surface area contributed by atoms with Gasteiger partial charge in [-0.1, -0.05) is 32.6 Å². The minimum atomic E-state index is -0.452. The number of allylic oxidation sites excluding steroid dienone is 5. The average Bonchev–Trinajstić information content (AvgIpc) is 3.32. The summed E-state index contributed by atoms with van der Waals surface area (Å²) >= 11 is 0. The molecule has 3 aromatic rings. The maximum atomic E-state index is 15.0. The van der Waals surface area contributed by atoms with Gasteiger partial charge in [-0.2, -0.15) is 0 Å². The number of anilines is 2. The molecular formula is C30H37FN6. The largest absolute Gasteiger partial charge is 0.396 e. The summed E-state index contributed by atoms with van der Waals surface area (Å²) in [5.41, 5.74) is 13.0. The van der Waals surface area contributed by atoms with Crippen LogP contribution in [0.5, 0.6) is 0 Å². The fourth-order valence-corrected chi connectivity index (χ4v) is 4.81. The zero-order valence-electron chi connectivity index (χ0n) is 21.9. The van der Waals surface area contributed by atoms with Gasteiger partial charge in [0.25, 0.3) is 0 Å². The Morgan fingerprint density at radius 3 is 2.76 bits per heavy atom. The first-order valence-electron chi connectivity index (χ1n) is 13.1. The van der Waals surface area contributed by atoms with Gasteiger partial charge >= 0.3 is 0 Å². The number of H-pyrrole nitrogens is 1. The van der Waals surface area contributed by atoms with Crippen molar-refractivity contribution in [2.75, 3.05) is 23.7 Å². The Bertz CT molecular complexity index is 1340. The van der Waals surface area contributed by atoms with Crippen LogP contribution in [0.25, 0.3) is 16.7 Å². The zero-order chi connectivity index (χ0) is 26.4. The number of benzene rings is 1. The van der Waals surface area contributed by atoms with Gasteiger partial charge in [0.2, 0.25) is 0 Å². The summed E-state index contributed by atoms with van der Waals surface area (Å²) in [5.74, 6) is 0.254. The maximum Gasteiger partial charge on any atom is 0.179 e. The Balaban J connectivity index is 1.64. The van der Waals surface area contributed by atoms with Crippen LogP contribution >= 0.6 is 0 Å². The van der Waals surface area contributed by atoms with Crippen LogP contribution in [0.1, 0.15) is 62.9 Å². The second-order valence-corrected chi connectivity index (χ2v) is 9.49. The van der Waals surface area contributed by atoms with Crippen molar-refractivity contribution >= 4 is 28.1 Å².